The molecule has 1 N–H and O–H groups in total. The van der Waals surface area contributed by atoms with E-state index in [1.165, 1.54) is 24.2 Å². The van der Waals surface area contributed by atoms with E-state index < -0.39 is 0 Å². The first-order chi connectivity index (χ1) is 12.2. The van der Waals surface area contributed by atoms with Crippen molar-refractivity contribution in [3.63, 3.8) is 0 Å². The lowest BCUT2D eigenvalue weighted by Gasteiger charge is -2.34. The van der Waals surface area contributed by atoms with Crippen molar-refractivity contribution < 1.29 is 4.79 Å². The highest BCUT2D eigenvalue weighted by Crippen LogP contribution is 2.20. The Kier molecular flexibility index (Phi) is 6.65. The molecule has 1 fully saturated rings. The van der Waals surface area contributed by atoms with Crippen LogP contribution in [0.25, 0.3) is 0 Å². The van der Waals surface area contributed by atoms with Crippen LogP contribution in [0.4, 0.5) is 0 Å². The van der Waals surface area contributed by atoms with Crippen molar-refractivity contribution in [3.8, 4) is 0 Å². The third kappa shape index (κ3) is 5.68. The lowest BCUT2D eigenvalue weighted by molar-refractivity contribution is -0.121. The van der Waals surface area contributed by atoms with Gasteiger partial charge in [0.15, 0.2) is 0 Å². The number of hydrogen-bond acceptors (Lipinski definition) is 3. The number of likely N-dealkylation sites (N-methyl/N-ethyl adjacent to an activating group) is 1. The second-order valence-electron chi connectivity index (χ2n) is 7.27. The summed E-state index contributed by atoms with van der Waals surface area (Å²) in [6.07, 6.45) is 7.22. The molecule has 0 radical (unpaired) electrons. The number of carbonyl (C=O) groups excluding carboxylic acids is 1. The number of allylic oxidation sites excluding steroid dienone is 2. The van der Waals surface area contributed by atoms with Crippen LogP contribution < -0.4 is 5.32 Å². The number of hydrogen-bond donors (Lipinski definition) is 1. The number of amides is 1. The smallest absolute Gasteiger partial charge is 0.220 e. The van der Waals surface area contributed by atoms with Gasteiger partial charge in [0.05, 0.1) is 0 Å². The first kappa shape index (κ1) is 18.2. The summed E-state index contributed by atoms with van der Waals surface area (Å²) in [5, 5.41) is 3.05. The zero-order chi connectivity index (χ0) is 17.5. The van der Waals surface area contributed by atoms with Crippen molar-refractivity contribution in [3.05, 3.63) is 47.5 Å². The number of benzene rings is 1. The van der Waals surface area contributed by atoms with Crippen LogP contribution in [-0.4, -0.2) is 48.4 Å². The molecule has 4 heteroatoms. The van der Waals surface area contributed by atoms with Gasteiger partial charge in [0.2, 0.25) is 5.91 Å². The normalized spacial score (nSPS) is 21.6. The minimum Gasteiger partial charge on any atom is -0.352 e. The fourth-order valence-corrected chi connectivity index (χ4v) is 3.66. The molecule has 0 bridgehead atoms. The standard InChI is InChI=1S/C21H31N3O/c1-2-23-11-13-24(14-12-23)17-20-9-7-19(8-10-20)16-22-21(25)15-18-5-3-4-6-18/h3,5,7-10,18H,2,4,6,11-17H2,1H3,(H,22,25). The highest BCUT2D eigenvalue weighted by atomic mass is 16.1. The minimum atomic E-state index is 0.162. The summed E-state index contributed by atoms with van der Waals surface area (Å²) in [5.41, 5.74) is 2.53. The maximum atomic E-state index is 12.0. The lowest BCUT2D eigenvalue weighted by atomic mass is 10.0. The highest BCUT2D eigenvalue weighted by molar-refractivity contribution is 5.76. The maximum Gasteiger partial charge on any atom is 0.220 e. The van der Waals surface area contributed by atoms with Crippen LogP contribution in [0.3, 0.4) is 0 Å². The van der Waals surface area contributed by atoms with Gasteiger partial charge in [0.25, 0.3) is 0 Å². The summed E-state index contributed by atoms with van der Waals surface area (Å²) in [7, 11) is 0. The number of carbonyl (C=O) groups is 1. The Hall–Kier alpha value is -1.65. The Balaban J connectivity index is 1.39. The maximum absolute atomic E-state index is 12.0. The van der Waals surface area contributed by atoms with Gasteiger partial charge in [-0.15, -0.1) is 0 Å². The summed E-state index contributed by atoms with van der Waals surface area (Å²) < 4.78 is 0. The van der Waals surface area contributed by atoms with Crippen molar-refractivity contribution in [2.75, 3.05) is 32.7 Å². The monoisotopic (exact) mass is 341 g/mol. The molecule has 1 saturated heterocycles. The van der Waals surface area contributed by atoms with E-state index in [9.17, 15) is 4.79 Å². The number of piperazine rings is 1. The third-order valence-corrected chi connectivity index (χ3v) is 5.39. The van der Waals surface area contributed by atoms with Crippen molar-refractivity contribution in [1.82, 2.24) is 15.1 Å². The summed E-state index contributed by atoms with van der Waals surface area (Å²) in [5.74, 6) is 0.602. The van der Waals surface area contributed by atoms with Gasteiger partial charge >= 0.3 is 0 Å². The van der Waals surface area contributed by atoms with E-state index >= 15 is 0 Å². The van der Waals surface area contributed by atoms with E-state index in [4.69, 9.17) is 0 Å². The Bertz CT molecular complexity index is 573. The average Bonchev–Trinajstić information content (AvgIpc) is 3.15. The second kappa shape index (κ2) is 9.16. The van der Waals surface area contributed by atoms with Gasteiger partial charge in [-0.3, -0.25) is 9.69 Å². The van der Waals surface area contributed by atoms with E-state index in [1.54, 1.807) is 0 Å². The van der Waals surface area contributed by atoms with E-state index in [2.05, 4.69) is 58.5 Å². The Morgan fingerprint density at radius 1 is 1.08 bits per heavy atom. The van der Waals surface area contributed by atoms with Crippen LogP contribution in [-0.2, 0) is 17.9 Å². The topological polar surface area (TPSA) is 35.6 Å². The molecular formula is C21H31N3O. The van der Waals surface area contributed by atoms with Crippen LogP contribution >= 0.6 is 0 Å². The molecule has 1 aliphatic carbocycles. The zero-order valence-corrected chi connectivity index (χ0v) is 15.4. The first-order valence-electron chi connectivity index (χ1n) is 9.69. The van der Waals surface area contributed by atoms with E-state index in [-0.39, 0.29) is 5.91 Å². The molecule has 0 saturated carbocycles. The molecule has 0 aromatic heterocycles. The van der Waals surface area contributed by atoms with Crippen molar-refractivity contribution in [2.45, 2.75) is 39.3 Å². The van der Waals surface area contributed by atoms with Crippen LogP contribution in [0.1, 0.15) is 37.3 Å². The van der Waals surface area contributed by atoms with Crippen LogP contribution in [0, 0.1) is 5.92 Å². The second-order valence-corrected chi connectivity index (χ2v) is 7.27. The van der Waals surface area contributed by atoms with Gasteiger partial charge in [-0.05, 0) is 36.4 Å². The molecule has 4 nitrogen and oxygen atoms in total. The van der Waals surface area contributed by atoms with E-state index in [0.717, 1.165) is 39.0 Å². The van der Waals surface area contributed by atoms with Crippen molar-refractivity contribution in [2.24, 2.45) is 5.92 Å². The fraction of sp³-hybridized carbons (Fsp3) is 0.571. The number of nitrogens with zero attached hydrogens (tertiary/aromatic N) is 2. The third-order valence-electron chi connectivity index (χ3n) is 5.39. The van der Waals surface area contributed by atoms with E-state index in [0.29, 0.717) is 18.9 Å². The molecule has 1 atom stereocenters. The van der Waals surface area contributed by atoms with Crippen molar-refractivity contribution >= 4 is 5.91 Å². The molecule has 1 aliphatic heterocycles. The lowest BCUT2D eigenvalue weighted by Crippen LogP contribution is -2.45. The van der Waals surface area contributed by atoms with Crippen LogP contribution in [0.15, 0.2) is 36.4 Å². The van der Waals surface area contributed by atoms with Gasteiger partial charge in [-0.2, -0.15) is 0 Å². The van der Waals surface area contributed by atoms with Gasteiger partial charge < -0.3 is 10.2 Å². The molecule has 1 aromatic carbocycles. The SMILES string of the molecule is CCN1CCN(Cc2ccc(CNC(=O)CC3C=CCC3)cc2)CC1. The molecule has 1 unspecified atom stereocenters. The largest absolute Gasteiger partial charge is 0.352 e. The molecule has 1 amide bonds. The molecular weight excluding hydrogens is 310 g/mol. The molecule has 1 aromatic rings. The number of nitrogens with one attached hydrogen (secondary N) is 1. The van der Waals surface area contributed by atoms with Gasteiger partial charge in [0.1, 0.15) is 0 Å². The Morgan fingerprint density at radius 2 is 1.76 bits per heavy atom. The first-order valence-corrected chi connectivity index (χ1v) is 9.69. The summed E-state index contributed by atoms with van der Waals surface area (Å²) in [6.45, 7) is 9.71. The predicted octanol–water partition coefficient (Wildman–Crippen LogP) is 2.80. The quantitative estimate of drug-likeness (QED) is 0.775. The average molecular weight is 341 g/mol. The molecule has 2 aliphatic rings. The molecule has 1 heterocycles. The summed E-state index contributed by atoms with van der Waals surface area (Å²) >= 11 is 0. The number of rotatable bonds is 7. The van der Waals surface area contributed by atoms with Gasteiger partial charge in [-0.1, -0.05) is 43.3 Å². The van der Waals surface area contributed by atoms with Crippen LogP contribution in [0.5, 0.6) is 0 Å². The van der Waals surface area contributed by atoms with Gasteiger partial charge in [-0.25, -0.2) is 0 Å². The van der Waals surface area contributed by atoms with E-state index in [1.807, 2.05) is 0 Å². The van der Waals surface area contributed by atoms with Gasteiger partial charge in [0, 0.05) is 45.7 Å². The molecule has 136 valence electrons. The molecule has 25 heavy (non-hydrogen) atoms. The fourth-order valence-electron chi connectivity index (χ4n) is 3.66. The Morgan fingerprint density at radius 3 is 2.40 bits per heavy atom. The molecule has 3 rings (SSSR count). The summed E-state index contributed by atoms with van der Waals surface area (Å²) in [4.78, 5) is 17.0. The minimum absolute atomic E-state index is 0.162. The summed E-state index contributed by atoms with van der Waals surface area (Å²) in [6, 6.07) is 8.70. The predicted molar refractivity (Wildman–Crippen MR) is 102 cm³/mol. The van der Waals surface area contributed by atoms with Crippen LogP contribution in [0.2, 0.25) is 0 Å². The zero-order valence-electron chi connectivity index (χ0n) is 15.4. The molecule has 0 spiro atoms. The highest BCUT2D eigenvalue weighted by Gasteiger charge is 2.16. The van der Waals surface area contributed by atoms with Crippen molar-refractivity contribution in [1.29, 1.82) is 0 Å². The Labute approximate surface area is 151 Å².